The van der Waals surface area contributed by atoms with Gasteiger partial charge in [-0.05, 0) is 6.07 Å². The van der Waals surface area contributed by atoms with Crippen LogP contribution in [0.5, 0.6) is 0 Å². The van der Waals surface area contributed by atoms with E-state index >= 15 is 0 Å². The maximum atomic E-state index is 11.8. The molecule has 0 bridgehead atoms. The van der Waals surface area contributed by atoms with Crippen molar-refractivity contribution in [2.75, 3.05) is 11.1 Å². The number of rotatable bonds is 3. The Bertz CT molecular complexity index is 820. The van der Waals surface area contributed by atoms with Gasteiger partial charge in [-0.2, -0.15) is 0 Å². The molecule has 7 nitrogen and oxygen atoms in total. The lowest BCUT2D eigenvalue weighted by Gasteiger charge is -2.08. The van der Waals surface area contributed by atoms with Crippen molar-refractivity contribution in [2.24, 2.45) is 0 Å². The molecule has 0 atom stereocenters. The van der Waals surface area contributed by atoms with E-state index in [0.717, 1.165) is 0 Å². The zero-order valence-corrected chi connectivity index (χ0v) is 11.9. The number of carbonyl (C=O) groups excluding carboxylic acids is 1. The third-order valence-electron chi connectivity index (χ3n) is 2.83. The van der Waals surface area contributed by atoms with Crippen LogP contribution in [0.2, 0.25) is 5.02 Å². The summed E-state index contributed by atoms with van der Waals surface area (Å²) in [5.41, 5.74) is 7.01. The number of nitrogens with two attached hydrogens (primary N) is 1. The minimum Gasteiger partial charge on any atom is -0.382 e. The second-order valence-corrected chi connectivity index (χ2v) is 4.71. The number of hydrogen-bond donors (Lipinski definition) is 2. The Balaban J connectivity index is 1.87. The summed E-state index contributed by atoms with van der Waals surface area (Å²) in [6.45, 7) is 0. The lowest BCUT2D eigenvalue weighted by atomic mass is 10.1. The quantitative estimate of drug-likeness (QED) is 0.769. The van der Waals surface area contributed by atoms with Crippen LogP contribution in [0.4, 0.5) is 11.6 Å². The van der Waals surface area contributed by atoms with E-state index in [9.17, 15) is 4.79 Å². The van der Waals surface area contributed by atoms with E-state index in [4.69, 9.17) is 21.9 Å². The van der Waals surface area contributed by atoms with E-state index in [2.05, 4.69) is 20.4 Å². The molecule has 1 aromatic carbocycles. The second kappa shape index (κ2) is 5.82. The molecule has 0 fully saturated rings. The number of aromatic nitrogens is 3. The molecule has 3 aromatic rings. The van der Waals surface area contributed by atoms with E-state index in [1.807, 2.05) is 6.07 Å². The number of amides is 1. The first-order chi connectivity index (χ1) is 10.6. The Morgan fingerprint density at radius 1 is 1.27 bits per heavy atom. The third kappa shape index (κ3) is 2.75. The zero-order valence-electron chi connectivity index (χ0n) is 11.2. The Morgan fingerprint density at radius 2 is 2.09 bits per heavy atom. The van der Waals surface area contributed by atoms with Crippen molar-refractivity contribution in [3.8, 4) is 11.3 Å². The molecule has 3 rings (SSSR count). The second-order valence-electron chi connectivity index (χ2n) is 4.30. The molecule has 0 aliphatic heterocycles. The van der Waals surface area contributed by atoms with E-state index in [0.29, 0.717) is 16.3 Å². The fourth-order valence-corrected chi connectivity index (χ4v) is 2.06. The summed E-state index contributed by atoms with van der Waals surface area (Å²) >= 11 is 6.11. The van der Waals surface area contributed by atoms with Gasteiger partial charge in [-0.15, -0.1) is 0 Å². The van der Waals surface area contributed by atoms with Gasteiger partial charge in [0.1, 0.15) is 5.69 Å². The number of nitrogens with one attached hydrogen (secondary N) is 1. The van der Waals surface area contributed by atoms with Crippen LogP contribution < -0.4 is 11.1 Å². The van der Waals surface area contributed by atoms with Crippen molar-refractivity contribution in [3.05, 3.63) is 53.5 Å². The lowest BCUT2D eigenvalue weighted by molar-refractivity contribution is 0.0987. The molecule has 2 aromatic heterocycles. The highest BCUT2D eigenvalue weighted by molar-refractivity contribution is 6.33. The number of anilines is 2. The topological polar surface area (TPSA) is 107 Å². The van der Waals surface area contributed by atoms with Gasteiger partial charge in [0.15, 0.2) is 11.6 Å². The van der Waals surface area contributed by atoms with Crippen LogP contribution >= 0.6 is 11.6 Å². The predicted octanol–water partition coefficient (Wildman–Crippen LogP) is 2.62. The average Bonchev–Trinajstić information content (AvgIpc) is 3.03. The van der Waals surface area contributed by atoms with E-state index in [1.165, 1.54) is 18.5 Å². The number of hydrogen-bond acceptors (Lipinski definition) is 6. The van der Waals surface area contributed by atoms with Crippen molar-refractivity contribution < 1.29 is 9.32 Å². The van der Waals surface area contributed by atoms with Crippen LogP contribution in [0.25, 0.3) is 11.3 Å². The monoisotopic (exact) mass is 315 g/mol. The molecule has 0 spiro atoms. The molecular weight excluding hydrogens is 306 g/mol. The van der Waals surface area contributed by atoms with Gasteiger partial charge in [-0.3, -0.25) is 4.79 Å². The molecule has 3 N–H and O–H groups in total. The SMILES string of the molecule is Nc1nc(NC(=O)c2ccno2)cnc1-c1ccccc1Cl. The van der Waals surface area contributed by atoms with Gasteiger partial charge < -0.3 is 15.6 Å². The molecule has 0 unspecified atom stereocenters. The minimum atomic E-state index is -0.489. The molecular formula is C14H10ClN5O2. The van der Waals surface area contributed by atoms with E-state index in [1.54, 1.807) is 18.2 Å². The van der Waals surface area contributed by atoms with Crippen LogP contribution in [0, 0.1) is 0 Å². The Hall–Kier alpha value is -2.93. The molecule has 0 saturated heterocycles. The highest BCUT2D eigenvalue weighted by Crippen LogP contribution is 2.29. The zero-order chi connectivity index (χ0) is 15.5. The number of halogens is 1. The Kier molecular flexibility index (Phi) is 3.71. The van der Waals surface area contributed by atoms with Crippen LogP contribution in [-0.4, -0.2) is 21.0 Å². The maximum Gasteiger partial charge on any atom is 0.295 e. The van der Waals surface area contributed by atoms with E-state index in [-0.39, 0.29) is 17.4 Å². The van der Waals surface area contributed by atoms with Gasteiger partial charge in [0.05, 0.1) is 17.4 Å². The Morgan fingerprint density at radius 3 is 2.77 bits per heavy atom. The standard InChI is InChI=1S/C14H10ClN5O2/c15-9-4-2-1-3-8(9)12-13(16)19-11(7-17-12)20-14(21)10-5-6-18-22-10/h1-7H,(H3,16,19,20,21). The van der Waals surface area contributed by atoms with Gasteiger partial charge in [-0.25, -0.2) is 9.97 Å². The summed E-state index contributed by atoms with van der Waals surface area (Å²) < 4.78 is 4.75. The van der Waals surface area contributed by atoms with Crippen LogP contribution in [0.15, 0.2) is 47.2 Å². The first-order valence-corrected chi connectivity index (χ1v) is 6.62. The first kappa shape index (κ1) is 14.0. The summed E-state index contributed by atoms with van der Waals surface area (Å²) in [5, 5.41) is 6.49. The fraction of sp³-hybridized carbons (Fsp3) is 0. The molecule has 1 amide bonds. The third-order valence-corrected chi connectivity index (χ3v) is 3.16. The van der Waals surface area contributed by atoms with Gasteiger partial charge in [0.25, 0.3) is 5.91 Å². The van der Waals surface area contributed by atoms with Gasteiger partial charge in [-0.1, -0.05) is 35.0 Å². The van der Waals surface area contributed by atoms with Crippen LogP contribution in [-0.2, 0) is 0 Å². The number of benzene rings is 1. The van der Waals surface area contributed by atoms with Gasteiger partial charge >= 0.3 is 0 Å². The largest absolute Gasteiger partial charge is 0.382 e. The van der Waals surface area contributed by atoms with Gasteiger partial charge in [0.2, 0.25) is 5.76 Å². The molecule has 8 heteroatoms. The van der Waals surface area contributed by atoms with Crippen molar-refractivity contribution >= 4 is 29.1 Å². The molecule has 0 aliphatic rings. The molecule has 22 heavy (non-hydrogen) atoms. The molecule has 2 heterocycles. The normalized spacial score (nSPS) is 10.4. The molecule has 110 valence electrons. The molecule has 0 aliphatic carbocycles. The van der Waals surface area contributed by atoms with Crippen molar-refractivity contribution in [3.63, 3.8) is 0 Å². The van der Waals surface area contributed by atoms with Crippen molar-refractivity contribution in [2.45, 2.75) is 0 Å². The highest BCUT2D eigenvalue weighted by Gasteiger charge is 2.14. The first-order valence-electron chi connectivity index (χ1n) is 6.24. The lowest BCUT2D eigenvalue weighted by Crippen LogP contribution is -2.13. The maximum absolute atomic E-state index is 11.8. The van der Waals surface area contributed by atoms with Gasteiger partial charge in [0, 0.05) is 11.6 Å². The Labute approximate surface area is 130 Å². The number of nitrogen functional groups attached to an aromatic ring is 1. The summed E-state index contributed by atoms with van der Waals surface area (Å²) in [4.78, 5) is 20.1. The molecule has 0 saturated carbocycles. The highest BCUT2D eigenvalue weighted by atomic mass is 35.5. The summed E-state index contributed by atoms with van der Waals surface area (Å²) in [5.74, 6) is -0.0644. The van der Waals surface area contributed by atoms with E-state index < -0.39 is 5.91 Å². The molecule has 0 radical (unpaired) electrons. The summed E-state index contributed by atoms with van der Waals surface area (Å²) in [6, 6.07) is 8.58. The number of nitrogens with zero attached hydrogens (tertiary/aromatic N) is 3. The van der Waals surface area contributed by atoms with Crippen LogP contribution in [0.1, 0.15) is 10.6 Å². The fourth-order valence-electron chi connectivity index (χ4n) is 1.84. The predicted molar refractivity (Wildman–Crippen MR) is 81.3 cm³/mol. The van der Waals surface area contributed by atoms with Crippen molar-refractivity contribution in [1.29, 1.82) is 0 Å². The van der Waals surface area contributed by atoms with Crippen molar-refractivity contribution in [1.82, 2.24) is 15.1 Å². The smallest absolute Gasteiger partial charge is 0.295 e. The summed E-state index contributed by atoms with van der Waals surface area (Å²) in [7, 11) is 0. The van der Waals surface area contributed by atoms with Crippen LogP contribution in [0.3, 0.4) is 0 Å². The number of carbonyl (C=O) groups is 1. The summed E-state index contributed by atoms with van der Waals surface area (Å²) in [6.07, 6.45) is 2.76. The minimum absolute atomic E-state index is 0.0653. The average molecular weight is 316 g/mol.